The summed E-state index contributed by atoms with van der Waals surface area (Å²) in [6.07, 6.45) is 0. The Balaban J connectivity index is 2.27. The summed E-state index contributed by atoms with van der Waals surface area (Å²) in [4.78, 5) is 0. The lowest BCUT2D eigenvalue weighted by Crippen LogP contribution is -1.97. The van der Waals surface area contributed by atoms with Crippen LogP contribution in [0.25, 0.3) is 0 Å². The molecule has 16 heavy (non-hydrogen) atoms. The molecule has 2 aromatic rings. The summed E-state index contributed by atoms with van der Waals surface area (Å²) in [6.45, 7) is 1.99. The van der Waals surface area contributed by atoms with Crippen LogP contribution in [0.15, 0.2) is 42.5 Å². The van der Waals surface area contributed by atoms with E-state index in [9.17, 15) is 0 Å². The summed E-state index contributed by atoms with van der Waals surface area (Å²) in [7, 11) is 0. The normalized spacial score (nSPS) is 10.1. The van der Waals surface area contributed by atoms with E-state index in [4.69, 9.17) is 17.3 Å². The molecule has 0 saturated carbocycles. The Hall–Kier alpha value is -1.67. The van der Waals surface area contributed by atoms with Gasteiger partial charge in [0.1, 0.15) is 0 Å². The number of nitrogen functional groups attached to an aromatic ring is 1. The number of benzene rings is 2. The second kappa shape index (κ2) is 4.45. The number of hydrogen-bond donors (Lipinski definition) is 2. The molecule has 3 heteroatoms. The van der Waals surface area contributed by atoms with E-state index in [0.29, 0.717) is 0 Å². The predicted molar refractivity (Wildman–Crippen MR) is 70.3 cm³/mol. The van der Waals surface area contributed by atoms with Crippen LogP contribution in [-0.2, 0) is 0 Å². The average Bonchev–Trinajstić information content (AvgIpc) is 2.28. The molecule has 0 amide bonds. The van der Waals surface area contributed by atoms with Gasteiger partial charge in [-0.05, 0) is 42.8 Å². The molecule has 2 nitrogen and oxygen atoms in total. The van der Waals surface area contributed by atoms with Crippen LogP contribution in [-0.4, -0.2) is 0 Å². The second-order valence-electron chi connectivity index (χ2n) is 3.67. The topological polar surface area (TPSA) is 38.0 Å². The van der Waals surface area contributed by atoms with Gasteiger partial charge in [-0.3, -0.25) is 0 Å². The van der Waals surface area contributed by atoms with Gasteiger partial charge in [0.25, 0.3) is 0 Å². The molecule has 82 valence electrons. The summed E-state index contributed by atoms with van der Waals surface area (Å²) < 4.78 is 0. The van der Waals surface area contributed by atoms with Gasteiger partial charge in [-0.25, -0.2) is 0 Å². The summed E-state index contributed by atoms with van der Waals surface area (Å²) in [5.41, 5.74) is 9.71. The van der Waals surface area contributed by atoms with Crippen LogP contribution in [0.2, 0.25) is 5.02 Å². The molecule has 0 bridgehead atoms. The molecule has 3 N–H and O–H groups in total. The number of nitrogens with one attached hydrogen (secondary N) is 1. The van der Waals surface area contributed by atoms with Crippen molar-refractivity contribution in [2.45, 2.75) is 6.92 Å². The summed E-state index contributed by atoms with van der Waals surface area (Å²) >= 11 is 5.82. The zero-order chi connectivity index (χ0) is 11.5. The van der Waals surface area contributed by atoms with Gasteiger partial charge in [0.05, 0.1) is 11.4 Å². The van der Waals surface area contributed by atoms with Crippen LogP contribution in [0.1, 0.15) is 5.56 Å². The summed E-state index contributed by atoms with van der Waals surface area (Å²) in [5, 5.41) is 3.98. The lowest BCUT2D eigenvalue weighted by molar-refractivity contribution is 1.45. The van der Waals surface area contributed by atoms with Gasteiger partial charge in [0, 0.05) is 10.7 Å². The Morgan fingerprint density at radius 1 is 1.06 bits per heavy atom. The fourth-order valence-corrected chi connectivity index (χ4v) is 1.60. The molecule has 0 saturated heterocycles. The van der Waals surface area contributed by atoms with Crippen molar-refractivity contribution >= 4 is 28.7 Å². The molecule has 0 aliphatic rings. The van der Waals surface area contributed by atoms with Crippen molar-refractivity contribution in [3.8, 4) is 0 Å². The lowest BCUT2D eigenvalue weighted by atomic mass is 10.1. The number of para-hydroxylation sites is 1. The van der Waals surface area contributed by atoms with Crippen LogP contribution in [0.3, 0.4) is 0 Å². The first-order valence-electron chi connectivity index (χ1n) is 5.04. The zero-order valence-electron chi connectivity index (χ0n) is 9.00. The van der Waals surface area contributed by atoms with E-state index in [1.165, 1.54) is 0 Å². The highest BCUT2D eigenvalue weighted by atomic mass is 35.5. The number of rotatable bonds is 2. The number of halogens is 1. The maximum atomic E-state index is 5.97. The first-order chi connectivity index (χ1) is 7.66. The van der Waals surface area contributed by atoms with Gasteiger partial charge in [0.2, 0.25) is 0 Å². The Labute approximate surface area is 100 Å². The summed E-state index contributed by atoms with van der Waals surface area (Å²) in [5.74, 6) is 0. The third-order valence-corrected chi connectivity index (χ3v) is 2.70. The molecule has 0 aromatic heterocycles. The smallest absolute Gasteiger partial charge is 0.0620 e. The monoisotopic (exact) mass is 232 g/mol. The van der Waals surface area contributed by atoms with Gasteiger partial charge in [0.15, 0.2) is 0 Å². The van der Waals surface area contributed by atoms with Gasteiger partial charge >= 0.3 is 0 Å². The molecular formula is C13H13ClN2. The van der Waals surface area contributed by atoms with Gasteiger partial charge in [-0.1, -0.05) is 23.7 Å². The first kappa shape index (κ1) is 10.8. The van der Waals surface area contributed by atoms with E-state index < -0.39 is 0 Å². The molecule has 2 rings (SSSR count). The second-order valence-corrected chi connectivity index (χ2v) is 4.10. The van der Waals surface area contributed by atoms with Crippen molar-refractivity contribution in [2.75, 3.05) is 11.1 Å². The third kappa shape index (κ3) is 2.28. The van der Waals surface area contributed by atoms with E-state index >= 15 is 0 Å². The van der Waals surface area contributed by atoms with Crippen LogP contribution in [0, 0.1) is 6.92 Å². The van der Waals surface area contributed by atoms with Crippen LogP contribution in [0.5, 0.6) is 0 Å². The molecule has 0 aliphatic carbocycles. The van der Waals surface area contributed by atoms with Crippen molar-refractivity contribution in [2.24, 2.45) is 0 Å². The molecule has 0 radical (unpaired) electrons. The van der Waals surface area contributed by atoms with Gasteiger partial charge in [-0.15, -0.1) is 0 Å². The fraction of sp³-hybridized carbons (Fsp3) is 0.0769. The van der Waals surface area contributed by atoms with E-state index in [-0.39, 0.29) is 0 Å². The minimum atomic E-state index is 0.725. The Morgan fingerprint density at radius 3 is 2.44 bits per heavy atom. The van der Waals surface area contributed by atoms with E-state index in [0.717, 1.165) is 27.6 Å². The zero-order valence-corrected chi connectivity index (χ0v) is 9.75. The van der Waals surface area contributed by atoms with Crippen LogP contribution in [0.4, 0.5) is 17.1 Å². The Bertz CT molecular complexity index is 492. The highest BCUT2D eigenvalue weighted by Gasteiger charge is 2.01. The molecule has 2 aromatic carbocycles. The Morgan fingerprint density at radius 2 is 1.75 bits per heavy atom. The van der Waals surface area contributed by atoms with E-state index in [1.54, 1.807) is 0 Å². The van der Waals surface area contributed by atoms with Crippen molar-refractivity contribution in [3.63, 3.8) is 0 Å². The number of nitrogens with two attached hydrogens (primary N) is 1. The minimum absolute atomic E-state index is 0.725. The lowest BCUT2D eigenvalue weighted by Gasteiger charge is -2.10. The molecule has 0 atom stereocenters. The van der Waals surface area contributed by atoms with Gasteiger partial charge < -0.3 is 11.1 Å². The van der Waals surface area contributed by atoms with Crippen LogP contribution >= 0.6 is 11.6 Å². The number of aryl methyl sites for hydroxylation is 1. The van der Waals surface area contributed by atoms with Crippen molar-refractivity contribution in [1.29, 1.82) is 0 Å². The van der Waals surface area contributed by atoms with Crippen LogP contribution < -0.4 is 11.1 Å². The maximum Gasteiger partial charge on any atom is 0.0620 e. The fourth-order valence-electron chi connectivity index (χ4n) is 1.48. The van der Waals surface area contributed by atoms with Gasteiger partial charge in [-0.2, -0.15) is 0 Å². The van der Waals surface area contributed by atoms with Crippen molar-refractivity contribution in [3.05, 3.63) is 53.1 Å². The highest BCUT2D eigenvalue weighted by Crippen LogP contribution is 2.26. The molecule has 0 fully saturated rings. The quantitative estimate of drug-likeness (QED) is 0.769. The maximum absolute atomic E-state index is 5.97. The SMILES string of the molecule is Cc1cccc(Nc2ccc(Cl)cc2)c1N. The average molecular weight is 233 g/mol. The molecule has 0 aliphatic heterocycles. The molecule has 0 unspecified atom stereocenters. The first-order valence-corrected chi connectivity index (χ1v) is 5.42. The molecule has 0 heterocycles. The standard InChI is InChI=1S/C13H13ClN2/c1-9-3-2-4-12(13(9)15)16-11-7-5-10(14)6-8-11/h2-8,16H,15H2,1H3. The number of anilines is 3. The molecule has 0 spiro atoms. The summed E-state index contributed by atoms with van der Waals surface area (Å²) in [6, 6.07) is 13.4. The van der Waals surface area contributed by atoms with Crippen molar-refractivity contribution < 1.29 is 0 Å². The van der Waals surface area contributed by atoms with E-state index in [2.05, 4.69) is 5.32 Å². The molecular weight excluding hydrogens is 220 g/mol. The van der Waals surface area contributed by atoms with Crippen molar-refractivity contribution in [1.82, 2.24) is 0 Å². The Kier molecular flexibility index (Phi) is 3.02. The minimum Gasteiger partial charge on any atom is -0.397 e. The van der Waals surface area contributed by atoms with E-state index in [1.807, 2.05) is 49.4 Å². The highest BCUT2D eigenvalue weighted by molar-refractivity contribution is 6.30. The number of hydrogen-bond acceptors (Lipinski definition) is 2. The predicted octanol–water partition coefficient (Wildman–Crippen LogP) is 3.97. The largest absolute Gasteiger partial charge is 0.397 e. The third-order valence-electron chi connectivity index (χ3n) is 2.45.